The van der Waals surface area contributed by atoms with Crippen LogP contribution in [0.3, 0.4) is 0 Å². The molecule has 106 valence electrons. The fraction of sp³-hybridized carbons (Fsp3) is 0.533. The Morgan fingerprint density at radius 3 is 2.42 bits per heavy atom. The topological polar surface area (TPSA) is 69.6 Å². The third-order valence-corrected chi connectivity index (χ3v) is 3.34. The minimum Gasteiger partial charge on any atom is -0.507 e. The van der Waals surface area contributed by atoms with Gasteiger partial charge >= 0.3 is 0 Å². The summed E-state index contributed by atoms with van der Waals surface area (Å²) in [4.78, 5) is 11.9. The molecule has 0 radical (unpaired) electrons. The van der Waals surface area contributed by atoms with Crippen molar-refractivity contribution in [3.05, 3.63) is 23.8 Å². The van der Waals surface area contributed by atoms with Gasteiger partial charge in [-0.1, -0.05) is 39.2 Å². The molecule has 1 rings (SSSR count). The molecular weight excluding hydrogens is 242 g/mol. The van der Waals surface area contributed by atoms with E-state index in [1.807, 2.05) is 0 Å². The van der Waals surface area contributed by atoms with E-state index in [0.717, 1.165) is 25.7 Å². The van der Waals surface area contributed by atoms with Crippen molar-refractivity contribution in [1.29, 1.82) is 0 Å². The summed E-state index contributed by atoms with van der Waals surface area (Å²) in [6.45, 7) is 4.82. The van der Waals surface area contributed by atoms with Crippen molar-refractivity contribution in [2.24, 2.45) is 5.92 Å². The lowest BCUT2D eigenvalue weighted by Gasteiger charge is -2.15. The average molecular weight is 265 g/mol. The predicted octanol–water partition coefficient (Wildman–Crippen LogP) is 3.04. The van der Waals surface area contributed by atoms with Crippen molar-refractivity contribution in [2.75, 3.05) is 6.54 Å². The number of amides is 1. The number of phenolic OH excluding ortho intramolecular Hbond substituents is 2. The molecule has 1 atom stereocenters. The second-order valence-electron chi connectivity index (χ2n) is 4.80. The molecule has 0 spiro atoms. The van der Waals surface area contributed by atoms with Crippen LogP contribution in [-0.4, -0.2) is 22.7 Å². The van der Waals surface area contributed by atoms with Crippen LogP contribution in [0.2, 0.25) is 0 Å². The van der Waals surface area contributed by atoms with Crippen LogP contribution in [-0.2, 0) is 0 Å². The standard InChI is InChI=1S/C15H23NO3/c1-3-5-7-11(4-2)10-16-15(19)14-12(17)8-6-9-13(14)18/h6,8-9,11,17-18H,3-5,7,10H2,1-2H3,(H,16,19). The van der Waals surface area contributed by atoms with Gasteiger partial charge in [-0.2, -0.15) is 0 Å². The summed E-state index contributed by atoms with van der Waals surface area (Å²) in [6, 6.07) is 4.28. The van der Waals surface area contributed by atoms with Gasteiger partial charge < -0.3 is 15.5 Å². The van der Waals surface area contributed by atoms with Crippen molar-refractivity contribution in [3.63, 3.8) is 0 Å². The van der Waals surface area contributed by atoms with E-state index in [9.17, 15) is 15.0 Å². The molecule has 4 nitrogen and oxygen atoms in total. The van der Waals surface area contributed by atoms with E-state index < -0.39 is 5.91 Å². The molecule has 0 saturated heterocycles. The molecule has 0 saturated carbocycles. The van der Waals surface area contributed by atoms with Crippen LogP contribution < -0.4 is 5.32 Å². The third-order valence-electron chi connectivity index (χ3n) is 3.34. The van der Waals surface area contributed by atoms with Crippen LogP contribution >= 0.6 is 0 Å². The lowest BCUT2D eigenvalue weighted by molar-refractivity contribution is 0.0940. The highest BCUT2D eigenvalue weighted by Crippen LogP contribution is 2.26. The zero-order valence-electron chi connectivity index (χ0n) is 11.6. The molecule has 1 aromatic rings. The Labute approximate surface area is 114 Å². The molecule has 0 fully saturated rings. The number of carbonyl (C=O) groups excluding carboxylic acids is 1. The summed E-state index contributed by atoms with van der Waals surface area (Å²) < 4.78 is 0. The van der Waals surface area contributed by atoms with Gasteiger partial charge in [0.2, 0.25) is 0 Å². The number of benzene rings is 1. The molecule has 4 heteroatoms. The Hall–Kier alpha value is -1.71. The molecule has 0 aliphatic carbocycles. The van der Waals surface area contributed by atoms with Crippen molar-refractivity contribution < 1.29 is 15.0 Å². The number of rotatable bonds is 7. The highest BCUT2D eigenvalue weighted by Gasteiger charge is 2.16. The maximum atomic E-state index is 11.9. The van der Waals surface area contributed by atoms with E-state index in [1.165, 1.54) is 18.2 Å². The smallest absolute Gasteiger partial charge is 0.258 e. The number of phenols is 2. The SMILES string of the molecule is CCCCC(CC)CNC(=O)c1c(O)cccc1O. The molecular formula is C15H23NO3. The van der Waals surface area contributed by atoms with Crippen LogP contribution in [0.5, 0.6) is 11.5 Å². The Kier molecular flexibility index (Phi) is 6.19. The summed E-state index contributed by atoms with van der Waals surface area (Å²) >= 11 is 0. The minimum atomic E-state index is -0.425. The minimum absolute atomic E-state index is 0.0483. The zero-order valence-corrected chi connectivity index (χ0v) is 11.6. The second-order valence-corrected chi connectivity index (χ2v) is 4.80. The van der Waals surface area contributed by atoms with E-state index in [4.69, 9.17) is 0 Å². The van der Waals surface area contributed by atoms with Crippen LogP contribution in [0, 0.1) is 5.92 Å². The molecule has 19 heavy (non-hydrogen) atoms. The summed E-state index contributed by atoms with van der Waals surface area (Å²) in [5, 5.41) is 22.0. The normalized spacial score (nSPS) is 12.1. The number of hydrogen-bond donors (Lipinski definition) is 3. The van der Waals surface area contributed by atoms with Gasteiger partial charge in [-0.15, -0.1) is 0 Å². The molecule has 0 aliphatic heterocycles. The number of carbonyl (C=O) groups is 1. The number of nitrogens with one attached hydrogen (secondary N) is 1. The van der Waals surface area contributed by atoms with Crippen LogP contribution in [0.1, 0.15) is 49.9 Å². The summed E-state index contributed by atoms with van der Waals surface area (Å²) in [7, 11) is 0. The Morgan fingerprint density at radius 1 is 1.26 bits per heavy atom. The molecule has 1 unspecified atom stereocenters. The monoisotopic (exact) mass is 265 g/mol. The van der Waals surface area contributed by atoms with Gasteiger partial charge in [0.1, 0.15) is 17.1 Å². The van der Waals surface area contributed by atoms with Gasteiger partial charge in [0.15, 0.2) is 0 Å². The van der Waals surface area contributed by atoms with Crippen molar-refractivity contribution in [2.45, 2.75) is 39.5 Å². The third kappa shape index (κ3) is 4.47. The van der Waals surface area contributed by atoms with Gasteiger partial charge in [-0.25, -0.2) is 0 Å². The fourth-order valence-electron chi connectivity index (χ4n) is 2.03. The Bertz CT molecular complexity index is 398. The predicted molar refractivity (Wildman–Crippen MR) is 75.4 cm³/mol. The lowest BCUT2D eigenvalue weighted by Crippen LogP contribution is -2.29. The highest BCUT2D eigenvalue weighted by molar-refractivity contribution is 5.99. The van der Waals surface area contributed by atoms with Crippen LogP contribution in [0.25, 0.3) is 0 Å². The average Bonchev–Trinajstić information content (AvgIpc) is 2.38. The van der Waals surface area contributed by atoms with Gasteiger partial charge in [-0.3, -0.25) is 4.79 Å². The van der Waals surface area contributed by atoms with Crippen molar-refractivity contribution >= 4 is 5.91 Å². The molecule has 0 heterocycles. The summed E-state index contributed by atoms with van der Waals surface area (Å²) in [6.07, 6.45) is 4.38. The van der Waals surface area contributed by atoms with Crippen LogP contribution in [0.15, 0.2) is 18.2 Å². The van der Waals surface area contributed by atoms with Crippen molar-refractivity contribution in [3.8, 4) is 11.5 Å². The summed E-state index contributed by atoms with van der Waals surface area (Å²) in [5.74, 6) is -0.374. The number of hydrogen-bond acceptors (Lipinski definition) is 3. The number of unbranched alkanes of at least 4 members (excludes halogenated alkanes) is 1. The molecule has 0 bridgehead atoms. The van der Waals surface area contributed by atoms with E-state index >= 15 is 0 Å². The van der Waals surface area contributed by atoms with Gasteiger partial charge in [0, 0.05) is 6.54 Å². The molecule has 1 aromatic carbocycles. The Morgan fingerprint density at radius 2 is 1.89 bits per heavy atom. The largest absolute Gasteiger partial charge is 0.507 e. The van der Waals surface area contributed by atoms with E-state index in [0.29, 0.717) is 12.5 Å². The van der Waals surface area contributed by atoms with Gasteiger partial charge in [0.25, 0.3) is 5.91 Å². The first-order valence-electron chi connectivity index (χ1n) is 6.89. The van der Waals surface area contributed by atoms with E-state index in [1.54, 1.807) is 0 Å². The zero-order chi connectivity index (χ0) is 14.3. The molecule has 3 N–H and O–H groups in total. The van der Waals surface area contributed by atoms with E-state index in [-0.39, 0.29) is 17.1 Å². The molecule has 0 aromatic heterocycles. The van der Waals surface area contributed by atoms with Gasteiger partial charge in [-0.05, 0) is 24.5 Å². The molecule has 0 aliphatic rings. The van der Waals surface area contributed by atoms with E-state index in [2.05, 4.69) is 19.2 Å². The quantitative estimate of drug-likeness (QED) is 0.709. The van der Waals surface area contributed by atoms with Crippen LogP contribution in [0.4, 0.5) is 0 Å². The lowest BCUT2D eigenvalue weighted by atomic mass is 9.99. The number of aromatic hydroxyl groups is 2. The second kappa shape index (κ2) is 7.67. The maximum Gasteiger partial charge on any atom is 0.258 e. The highest BCUT2D eigenvalue weighted by atomic mass is 16.3. The first-order valence-corrected chi connectivity index (χ1v) is 6.89. The first kappa shape index (κ1) is 15.3. The summed E-state index contributed by atoms with van der Waals surface area (Å²) in [5.41, 5.74) is -0.0483. The van der Waals surface area contributed by atoms with Crippen molar-refractivity contribution in [1.82, 2.24) is 5.32 Å². The fourth-order valence-corrected chi connectivity index (χ4v) is 2.03. The Balaban J connectivity index is 2.59. The maximum absolute atomic E-state index is 11.9. The van der Waals surface area contributed by atoms with Gasteiger partial charge in [0.05, 0.1) is 0 Å². The molecule has 1 amide bonds. The first-order chi connectivity index (χ1) is 9.10.